The molecule has 0 aliphatic carbocycles. The average Bonchev–Trinajstić information content (AvgIpc) is 3.47. The second kappa shape index (κ2) is 7.52. The molecule has 4 aromatic rings. The zero-order chi connectivity index (χ0) is 18.8. The van der Waals surface area contributed by atoms with E-state index in [9.17, 15) is 14.4 Å². The van der Waals surface area contributed by atoms with Crippen LogP contribution in [0.25, 0.3) is 0 Å². The first-order chi connectivity index (χ1) is 13.1. The molecule has 0 fully saturated rings. The SMILES string of the molecule is O=C(c1cc(C(=O)c2cccs2)cc(C(=O)c2cccs2)c1)c1cccs1. The summed E-state index contributed by atoms with van der Waals surface area (Å²) in [5.74, 6) is -0.567. The molecule has 0 atom stereocenters. The Hall–Kier alpha value is -2.67. The monoisotopic (exact) mass is 408 g/mol. The van der Waals surface area contributed by atoms with Crippen LogP contribution in [0.2, 0.25) is 0 Å². The normalized spacial score (nSPS) is 10.7. The van der Waals surface area contributed by atoms with Gasteiger partial charge < -0.3 is 0 Å². The van der Waals surface area contributed by atoms with Gasteiger partial charge in [-0.05, 0) is 52.5 Å². The summed E-state index contributed by atoms with van der Waals surface area (Å²) in [7, 11) is 0. The van der Waals surface area contributed by atoms with Crippen molar-refractivity contribution >= 4 is 51.4 Å². The summed E-state index contributed by atoms with van der Waals surface area (Å²) in [6, 6.07) is 15.4. The largest absolute Gasteiger partial charge is 0.288 e. The van der Waals surface area contributed by atoms with Gasteiger partial charge in [0.25, 0.3) is 0 Å². The summed E-state index contributed by atoms with van der Waals surface area (Å²) in [6.45, 7) is 0. The second-order valence-corrected chi connectivity index (χ2v) is 8.56. The highest BCUT2D eigenvalue weighted by molar-refractivity contribution is 7.13. The Balaban J connectivity index is 1.82. The molecule has 6 heteroatoms. The van der Waals surface area contributed by atoms with Crippen LogP contribution in [-0.2, 0) is 0 Å². The maximum atomic E-state index is 12.8. The van der Waals surface area contributed by atoms with E-state index >= 15 is 0 Å². The van der Waals surface area contributed by atoms with Gasteiger partial charge in [-0.15, -0.1) is 34.0 Å². The summed E-state index contributed by atoms with van der Waals surface area (Å²) in [5.41, 5.74) is 1.04. The number of rotatable bonds is 6. The number of carbonyl (C=O) groups is 3. The van der Waals surface area contributed by atoms with Gasteiger partial charge in [-0.1, -0.05) is 18.2 Å². The first kappa shape index (κ1) is 17.7. The standard InChI is InChI=1S/C21H12O3S3/c22-19(16-4-1-7-25-16)13-10-14(20(23)17-5-2-8-26-17)12-15(11-13)21(24)18-6-3-9-27-18/h1-12H. The molecule has 132 valence electrons. The third-order valence-electron chi connectivity index (χ3n) is 3.95. The molecule has 3 aromatic heterocycles. The van der Waals surface area contributed by atoms with Gasteiger partial charge in [0, 0.05) is 16.7 Å². The van der Waals surface area contributed by atoms with E-state index in [1.54, 1.807) is 54.6 Å². The highest BCUT2D eigenvalue weighted by atomic mass is 32.1. The van der Waals surface area contributed by atoms with Crippen LogP contribution in [0.1, 0.15) is 45.7 Å². The van der Waals surface area contributed by atoms with Crippen LogP contribution in [0.5, 0.6) is 0 Å². The summed E-state index contributed by atoms with van der Waals surface area (Å²) in [4.78, 5) is 40.2. The average molecular weight is 409 g/mol. The van der Waals surface area contributed by atoms with Crippen molar-refractivity contribution < 1.29 is 14.4 Å². The highest BCUT2D eigenvalue weighted by Crippen LogP contribution is 2.24. The van der Waals surface area contributed by atoms with Gasteiger partial charge in [0.05, 0.1) is 14.6 Å². The van der Waals surface area contributed by atoms with E-state index in [0.29, 0.717) is 31.3 Å². The topological polar surface area (TPSA) is 51.2 Å². The van der Waals surface area contributed by atoms with Crippen molar-refractivity contribution in [2.45, 2.75) is 0 Å². The fourth-order valence-electron chi connectivity index (χ4n) is 2.67. The van der Waals surface area contributed by atoms with Gasteiger partial charge in [0.1, 0.15) is 0 Å². The van der Waals surface area contributed by atoms with Crippen LogP contribution in [-0.4, -0.2) is 17.3 Å². The van der Waals surface area contributed by atoms with Crippen molar-refractivity contribution in [2.75, 3.05) is 0 Å². The van der Waals surface area contributed by atoms with E-state index < -0.39 is 0 Å². The Morgan fingerprint density at radius 3 is 1.04 bits per heavy atom. The van der Waals surface area contributed by atoms with Crippen LogP contribution in [0, 0.1) is 0 Å². The van der Waals surface area contributed by atoms with Crippen molar-refractivity contribution in [3.05, 3.63) is 102 Å². The number of ketones is 3. The first-order valence-corrected chi connectivity index (χ1v) is 10.7. The Morgan fingerprint density at radius 2 is 0.815 bits per heavy atom. The van der Waals surface area contributed by atoms with Crippen molar-refractivity contribution in [1.82, 2.24) is 0 Å². The molecule has 27 heavy (non-hydrogen) atoms. The lowest BCUT2D eigenvalue weighted by Crippen LogP contribution is -2.09. The molecule has 0 aliphatic heterocycles. The molecule has 0 saturated heterocycles. The highest BCUT2D eigenvalue weighted by Gasteiger charge is 2.20. The molecule has 0 saturated carbocycles. The van der Waals surface area contributed by atoms with Crippen LogP contribution in [0.3, 0.4) is 0 Å². The van der Waals surface area contributed by atoms with Crippen LogP contribution in [0.4, 0.5) is 0 Å². The Morgan fingerprint density at radius 1 is 0.519 bits per heavy atom. The van der Waals surface area contributed by atoms with Crippen molar-refractivity contribution in [1.29, 1.82) is 0 Å². The van der Waals surface area contributed by atoms with E-state index in [1.807, 2.05) is 16.1 Å². The molecular formula is C21H12O3S3. The Labute approximate surface area is 167 Å². The van der Waals surface area contributed by atoms with Gasteiger partial charge in [0.15, 0.2) is 0 Å². The van der Waals surface area contributed by atoms with Crippen molar-refractivity contribution in [3.63, 3.8) is 0 Å². The van der Waals surface area contributed by atoms with Crippen LogP contribution < -0.4 is 0 Å². The number of thiophene rings is 3. The zero-order valence-corrected chi connectivity index (χ0v) is 16.3. The van der Waals surface area contributed by atoms with Crippen LogP contribution in [0.15, 0.2) is 70.7 Å². The number of hydrogen-bond acceptors (Lipinski definition) is 6. The van der Waals surface area contributed by atoms with Gasteiger partial charge >= 0.3 is 0 Å². The molecule has 4 rings (SSSR count). The van der Waals surface area contributed by atoms with Gasteiger partial charge in [-0.25, -0.2) is 0 Å². The quantitative estimate of drug-likeness (QED) is 0.392. The first-order valence-electron chi connectivity index (χ1n) is 8.03. The van der Waals surface area contributed by atoms with Crippen molar-refractivity contribution in [2.24, 2.45) is 0 Å². The molecule has 0 N–H and O–H groups in total. The predicted octanol–water partition coefficient (Wildman–Crippen LogP) is 5.56. The summed E-state index contributed by atoms with van der Waals surface area (Å²) >= 11 is 4.00. The molecule has 1 aromatic carbocycles. The third kappa shape index (κ3) is 3.60. The number of benzene rings is 1. The zero-order valence-electron chi connectivity index (χ0n) is 13.9. The van der Waals surface area contributed by atoms with E-state index in [2.05, 4.69) is 0 Å². The molecule has 3 nitrogen and oxygen atoms in total. The van der Waals surface area contributed by atoms with Crippen LogP contribution >= 0.6 is 34.0 Å². The molecule has 0 radical (unpaired) electrons. The molecule has 0 spiro atoms. The minimum Gasteiger partial charge on any atom is -0.288 e. The van der Waals surface area contributed by atoms with E-state index in [1.165, 1.54) is 34.0 Å². The predicted molar refractivity (Wildman–Crippen MR) is 110 cm³/mol. The van der Waals surface area contributed by atoms with E-state index in [0.717, 1.165) is 0 Å². The van der Waals surface area contributed by atoms with E-state index in [-0.39, 0.29) is 17.3 Å². The fraction of sp³-hybridized carbons (Fsp3) is 0. The molecule has 0 unspecified atom stereocenters. The minimum absolute atomic E-state index is 0.189. The Kier molecular flexibility index (Phi) is 4.94. The second-order valence-electron chi connectivity index (χ2n) is 5.72. The van der Waals surface area contributed by atoms with Gasteiger partial charge in [-0.3, -0.25) is 14.4 Å². The smallest absolute Gasteiger partial charge is 0.202 e. The summed E-state index contributed by atoms with van der Waals surface area (Å²) in [6.07, 6.45) is 0. The summed E-state index contributed by atoms with van der Waals surface area (Å²) in [5, 5.41) is 5.47. The summed E-state index contributed by atoms with van der Waals surface area (Å²) < 4.78 is 0. The minimum atomic E-state index is -0.189. The Bertz CT molecular complexity index is 950. The molecular weight excluding hydrogens is 396 g/mol. The lowest BCUT2D eigenvalue weighted by atomic mass is 9.97. The lowest BCUT2D eigenvalue weighted by Gasteiger charge is -2.07. The maximum Gasteiger partial charge on any atom is 0.202 e. The lowest BCUT2D eigenvalue weighted by molar-refractivity contribution is 0.104. The maximum absolute atomic E-state index is 12.8. The number of carbonyl (C=O) groups excluding carboxylic acids is 3. The molecule has 0 aliphatic rings. The van der Waals surface area contributed by atoms with E-state index in [4.69, 9.17) is 0 Å². The van der Waals surface area contributed by atoms with Crippen molar-refractivity contribution in [3.8, 4) is 0 Å². The van der Waals surface area contributed by atoms with Gasteiger partial charge in [0.2, 0.25) is 17.3 Å². The van der Waals surface area contributed by atoms with Gasteiger partial charge in [-0.2, -0.15) is 0 Å². The fourth-order valence-corrected chi connectivity index (χ4v) is 4.73. The number of hydrogen-bond donors (Lipinski definition) is 0. The molecule has 0 amide bonds. The third-order valence-corrected chi connectivity index (χ3v) is 6.56. The molecule has 3 heterocycles. The molecule has 0 bridgehead atoms.